The third-order valence-corrected chi connectivity index (χ3v) is 5.04. The van der Waals surface area contributed by atoms with Crippen molar-refractivity contribution in [3.63, 3.8) is 0 Å². The summed E-state index contributed by atoms with van der Waals surface area (Å²) in [7, 11) is 1.49. The van der Waals surface area contributed by atoms with Gasteiger partial charge in [-0.3, -0.25) is 9.59 Å². The Morgan fingerprint density at radius 3 is 2.45 bits per heavy atom. The fraction of sp³-hybridized carbons (Fsp3) is 0.160. The molecule has 0 atom stereocenters. The highest BCUT2D eigenvalue weighted by molar-refractivity contribution is 6.30. The van der Waals surface area contributed by atoms with E-state index in [0.29, 0.717) is 33.3 Å². The number of amides is 2. The zero-order valence-electron chi connectivity index (χ0n) is 18.5. The number of ether oxygens (including phenoxy) is 2. The average molecular weight is 465 g/mol. The average Bonchev–Trinajstić information content (AvgIpc) is 2.80. The molecule has 0 fully saturated rings. The molecule has 1 N–H and O–H groups in total. The van der Waals surface area contributed by atoms with Crippen LogP contribution in [0.5, 0.6) is 11.5 Å². The summed E-state index contributed by atoms with van der Waals surface area (Å²) in [4.78, 5) is 28.1. The molecule has 7 nitrogen and oxygen atoms in total. The molecule has 0 bridgehead atoms. The van der Waals surface area contributed by atoms with Crippen LogP contribution in [0.25, 0.3) is 0 Å². The van der Waals surface area contributed by atoms with Gasteiger partial charge in [-0.05, 0) is 79.6 Å². The van der Waals surface area contributed by atoms with Gasteiger partial charge in [0.2, 0.25) is 0 Å². The molecule has 0 aliphatic carbocycles. The Labute approximate surface area is 196 Å². The van der Waals surface area contributed by atoms with E-state index in [4.69, 9.17) is 21.1 Å². The van der Waals surface area contributed by atoms with Gasteiger partial charge in [-0.1, -0.05) is 17.7 Å². The van der Waals surface area contributed by atoms with Gasteiger partial charge in [-0.25, -0.2) is 0 Å². The molecule has 3 aromatic rings. The SMILES string of the molecule is COc1cc(C=[N+]=NC(=O)c2ccc(Cl)cc2)ccc1OCC(=O)Nc1ccc(C)c(C)c1. The van der Waals surface area contributed by atoms with Gasteiger partial charge in [-0.15, -0.1) is 0 Å². The highest BCUT2D eigenvalue weighted by Crippen LogP contribution is 2.27. The summed E-state index contributed by atoms with van der Waals surface area (Å²) in [5.74, 6) is 0.0519. The Bertz CT molecular complexity index is 1230. The van der Waals surface area contributed by atoms with E-state index in [2.05, 4.69) is 15.2 Å². The molecule has 3 aromatic carbocycles. The Hall–Kier alpha value is -3.93. The van der Waals surface area contributed by atoms with E-state index in [1.807, 2.05) is 32.0 Å². The van der Waals surface area contributed by atoms with Gasteiger partial charge in [-0.2, -0.15) is 0 Å². The molecule has 168 valence electrons. The molecule has 0 aliphatic rings. The van der Waals surface area contributed by atoms with Crippen LogP contribution in [0.2, 0.25) is 5.02 Å². The van der Waals surface area contributed by atoms with Crippen molar-refractivity contribution in [2.24, 2.45) is 5.11 Å². The number of methoxy groups -OCH3 is 1. The number of halogens is 1. The number of nitrogens with one attached hydrogen (secondary N) is 1. The van der Waals surface area contributed by atoms with Gasteiger partial charge in [0.25, 0.3) is 5.91 Å². The Morgan fingerprint density at radius 1 is 1.00 bits per heavy atom. The minimum Gasteiger partial charge on any atom is -0.493 e. The van der Waals surface area contributed by atoms with Gasteiger partial charge in [0.05, 0.1) is 17.5 Å². The van der Waals surface area contributed by atoms with Crippen molar-refractivity contribution >= 4 is 35.3 Å². The number of anilines is 1. The summed E-state index contributed by atoms with van der Waals surface area (Å²) in [5.41, 5.74) is 3.99. The maximum absolute atomic E-state index is 12.2. The Morgan fingerprint density at radius 2 is 1.76 bits per heavy atom. The number of hydrogen-bond donors (Lipinski definition) is 1. The van der Waals surface area contributed by atoms with E-state index in [1.165, 1.54) is 13.3 Å². The molecule has 0 saturated heterocycles. The van der Waals surface area contributed by atoms with E-state index in [0.717, 1.165) is 11.1 Å². The van der Waals surface area contributed by atoms with Gasteiger partial charge >= 0.3 is 12.1 Å². The number of aryl methyl sites for hydroxylation is 2. The number of hydrogen-bond acceptors (Lipinski definition) is 4. The molecule has 8 heteroatoms. The molecule has 0 radical (unpaired) electrons. The van der Waals surface area contributed by atoms with Crippen LogP contribution >= 0.6 is 11.6 Å². The fourth-order valence-electron chi connectivity index (χ4n) is 2.84. The summed E-state index contributed by atoms with van der Waals surface area (Å²) in [6, 6.07) is 17.1. The zero-order valence-corrected chi connectivity index (χ0v) is 19.2. The van der Waals surface area contributed by atoms with Crippen LogP contribution in [0.15, 0.2) is 65.8 Å². The topological polar surface area (TPSA) is 91.1 Å². The summed E-state index contributed by atoms with van der Waals surface area (Å²) in [5, 5.41) is 7.01. The third kappa shape index (κ3) is 6.77. The minimum atomic E-state index is -0.482. The molecule has 0 aromatic heterocycles. The normalized spacial score (nSPS) is 10.1. The van der Waals surface area contributed by atoms with Crippen molar-refractivity contribution in [3.8, 4) is 11.5 Å². The van der Waals surface area contributed by atoms with Crippen molar-refractivity contribution in [2.75, 3.05) is 19.0 Å². The Balaban J connectivity index is 1.62. The largest absolute Gasteiger partial charge is 0.493 e. The monoisotopic (exact) mass is 464 g/mol. The van der Waals surface area contributed by atoms with Crippen molar-refractivity contribution in [2.45, 2.75) is 13.8 Å². The number of benzene rings is 3. The standard InChI is InChI=1S/C25H22ClN3O4/c1-16-4-10-21(12-17(16)2)28-24(30)15-33-22-11-5-18(13-23(22)32-3)14-27-29-25(31)19-6-8-20(26)9-7-19/h4-14H,15H2,1-3H3/p+1. The van der Waals surface area contributed by atoms with Crippen molar-refractivity contribution in [1.29, 1.82) is 0 Å². The first kappa shape index (κ1) is 23.7. The molecule has 3 rings (SSSR count). The first-order valence-electron chi connectivity index (χ1n) is 10.1. The number of nitrogens with zero attached hydrogens (tertiary/aromatic N) is 2. The van der Waals surface area contributed by atoms with Crippen LogP contribution in [0, 0.1) is 13.8 Å². The first-order chi connectivity index (χ1) is 15.9. The van der Waals surface area contributed by atoms with Crippen molar-refractivity contribution < 1.29 is 23.9 Å². The van der Waals surface area contributed by atoms with E-state index < -0.39 is 5.91 Å². The van der Waals surface area contributed by atoms with Gasteiger partial charge in [0.15, 0.2) is 23.2 Å². The van der Waals surface area contributed by atoms with E-state index in [-0.39, 0.29) is 12.5 Å². The van der Waals surface area contributed by atoms with Crippen molar-refractivity contribution in [3.05, 3.63) is 87.9 Å². The molecular weight excluding hydrogens is 442 g/mol. The lowest BCUT2D eigenvalue weighted by Crippen LogP contribution is -2.20. The zero-order chi connectivity index (χ0) is 23.8. The molecule has 0 spiro atoms. The summed E-state index contributed by atoms with van der Waals surface area (Å²) in [6.45, 7) is 3.82. The maximum Gasteiger partial charge on any atom is 0.357 e. The summed E-state index contributed by atoms with van der Waals surface area (Å²) >= 11 is 5.81. The summed E-state index contributed by atoms with van der Waals surface area (Å²) < 4.78 is 11.0. The highest BCUT2D eigenvalue weighted by Gasteiger charge is 2.11. The number of rotatable bonds is 7. The van der Waals surface area contributed by atoms with E-state index in [1.54, 1.807) is 42.5 Å². The molecule has 0 aliphatic heterocycles. The van der Waals surface area contributed by atoms with Crippen molar-refractivity contribution in [1.82, 2.24) is 0 Å². The smallest absolute Gasteiger partial charge is 0.357 e. The maximum atomic E-state index is 12.2. The second-order valence-electron chi connectivity index (χ2n) is 7.20. The van der Waals surface area contributed by atoms with Crippen LogP contribution < -0.4 is 14.8 Å². The van der Waals surface area contributed by atoms with E-state index in [9.17, 15) is 9.59 Å². The molecule has 0 saturated carbocycles. The quantitative estimate of drug-likeness (QED) is 0.306. The van der Waals surface area contributed by atoms with Crippen LogP contribution in [0.1, 0.15) is 27.0 Å². The van der Waals surface area contributed by atoms with Crippen LogP contribution in [0.4, 0.5) is 5.69 Å². The fourth-order valence-corrected chi connectivity index (χ4v) is 2.97. The second-order valence-corrected chi connectivity index (χ2v) is 7.64. The lowest BCUT2D eigenvalue weighted by molar-refractivity contribution is -0.118. The lowest BCUT2D eigenvalue weighted by atomic mass is 10.1. The molecule has 0 heterocycles. The Kier molecular flexibility index (Phi) is 7.97. The number of carbonyl (C=O) groups excluding carboxylic acids is 2. The van der Waals surface area contributed by atoms with Gasteiger partial charge < -0.3 is 14.8 Å². The molecular formula is C25H23ClN3O4+. The second kappa shape index (κ2) is 11.1. The molecule has 0 unspecified atom stereocenters. The van der Waals surface area contributed by atoms with E-state index >= 15 is 0 Å². The lowest BCUT2D eigenvalue weighted by Gasteiger charge is -2.11. The first-order valence-corrected chi connectivity index (χ1v) is 10.5. The number of carbonyl (C=O) groups is 2. The van der Waals surface area contributed by atoms with Gasteiger partial charge in [0, 0.05) is 16.3 Å². The van der Waals surface area contributed by atoms with Crippen LogP contribution in [0.3, 0.4) is 0 Å². The molecule has 2 amide bonds. The predicted octanol–water partition coefficient (Wildman–Crippen LogP) is 4.90. The molecule has 33 heavy (non-hydrogen) atoms. The third-order valence-electron chi connectivity index (χ3n) is 4.78. The van der Waals surface area contributed by atoms with Crippen LogP contribution in [-0.2, 0) is 4.79 Å². The predicted molar refractivity (Wildman–Crippen MR) is 127 cm³/mol. The summed E-state index contributed by atoms with van der Waals surface area (Å²) in [6.07, 6.45) is 1.42. The minimum absolute atomic E-state index is 0.179. The van der Waals surface area contributed by atoms with Crippen LogP contribution in [-0.4, -0.2) is 36.5 Å². The highest BCUT2D eigenvalue weighted by atomic mass is 35.5. The van der Waals surface area contributed by atoms with Gasteiger partial charge in [0.1, 0.15) is 0 Å².